The van der Waals surface area contributed by atoms with Gasteiger partial charge in [-0.25, -0.2) is 4.68 Å². The van der Waals surface area contributed by atoms with E-state index in [1.165, 1.54) is 5.57 Å². The molecule has 0 spiro atoms. The molecule has 1 aromatic carbocycles. The van der Waals surface area contributed by atoms with Crippen LogP contribution in [0.5, 0.6) is 0 Å². The first kappa shape index (κ1) is 15.5. The van der Waals surface area contributed by atoms with Gasteiger partial charge in [0.15, 0.2) is 0 Å². The summed E-state index contributed by atoms with van der Waals surface area (Å²) in [6.07, 6.45) is 7.42. The first-order valence-corrected chi connectivity index (χ1v) is 7.72. The van der Waals surface area contributed by atoms with Crippen LogP contribution in [-0.4, -0.2) is 22.9 Å². The molecule has 0 aliphatic rings. The van der Waals surface area contributed by atoms with Crippen molar-refractivity contribution < 1.29 is 0 Å². The number of hydrogen-bond acceptors (Lipinski definition) is 2. The lowest BCUT2D eigenvalue weighted by atomic mass is 10.0. The lowest BCUT2D eigenvalue weighted by Gasteiger charge is -2.12. The molecule has 0 amide bonds. The standard InChI is InChI=1S/C18H25N3/c1-4-10-19-13-17(15(2)3)11-16-12-20-21(14-16)18-8-6-5-7-9-18/h5-9,11-12,14-15,19H,4,10,13H2,1-3H3. The maximum Gasteiger partial charge on any atom is 0.0645 e. The van der Waals surface area contributed by atoms with Crippen LogP contribution in [0.25, 0.3) is 11.8 Å². The molecule has 0 atom stereocenters. The van der Waals surface area contributed by atoms with Gasteiger partial charge < -0.3 is 5.32 Å². The van der Waals surface area contributed by atoms with E-state index in [0.717, 1.165) is 30.8 Å². The fourth-order valence-corrected chi connectivity index (χ4v) is 2.18. The van der Waals surface area contributed by atoms with E-state index in [9.17, 15) is 0 Å². The van der Waals surface area contributed by atoms with E-state index in [1.807, 2.05) is 29.1 Å². The highest BCUT2D eigenvalue weighted by Gasteiger charge is 2.05. The average Bonchev–Trinajstić information content (AvgIpc) is 2.96. The predicted molar refractivity (Wildman–Crippen MR) is 89.5 cm³/mol. The topological polar surface area (TPSA) is 29.9 Å². The van der Waals surface area contributed by atoms with Crippen LogP contribution in [0.3, 0.4) is 0 Å². The number of para-hydroxylation sites is 1. The van der Waals surface area contributed by atoms with Crippen molar-refractivity contribution in [1.29, 1.82) is 0 Å². The minimum absolute atomic E-state index is 0.537. The van der Waals surface area contributed by atoms with Gasteiger partial charge in [0.1, 0.15) is 0 Å². The number of nitrogens with one attached hydrogen (secondary N) is 1. The van der Waals surface area contributed by atoms with E-state index < -0.39 is 0 Å². The van der Waals surface area contributed by atoms with E-state index in [0.29, 0.717) is 5.92 Å². The van der Waals surface area contributed by atoms with Crippen LogP contribution in [0.1, 0.15) is 32.8 Å². The van der Waals surface area contributed by atoms with E-state index in [2.05, 4.69) is 55.6 Å². The predicted octanol–water partition coefficient (Wildman–Crippen LogP) is 3.91. The Morgan fingerprint density at radius 3 is 2.71 bits per heavy atom. The van der Waals surface area contributed by atoms with Crippen LogP contribution in [0.2, 0.25) is 0 Å². The molecule has 0 fully saturated rings. The molecule has 0 bridgehead atoms. The van der Waals surface area contributed by atoms with Gasteiger partial charge in [-0.1, -0.05) is 50.6 Å². The molecule has 1 aromatic heterocycles. The van der Waals surface area contributed by atoms with Crippen molar-refractivity contribution in [1.82, 2.24) is 15.1 Å². The van der Waals surface area contributed by atoms with Gasteiger partial charge in [0.05, 0.1) is 11.9 Å². The summed E-state index contributed by atoms with van der Waals surface area (Å²) in [5, 5.41) is 7.93. The Kier molecular flexibility index (Phi) is 5.76. The van der Waals surface area contributed by atoms with Gasteiger partial charge in [0.2, 0.25) is 0 Å². The van der Waals surface area contributed by atoms with Crippen molar-refractivity contribution in [3.05, 3.63) is 53.9 Å². The van der Waals surface area contributed by atoms with Crippen molar-refractivity contribution in [2.45, 2.75) is 27.2 Å². The molecule has 3 heteroatoms. The van der Waals surface area contributed by atoms with Crippen LogP contribution in [0.4, 0.5) is 0 Å². The molecule has 21 heavy (non-hydrogen) atoms. The normalized spacial score (nSPS) is 12.1. The fourth-order valence-electron chi connectivity index (χ4n) is 2.18. The summed E-state index contributed by atoms with van der Waals surface area (Å²) in [5.74, 6) is 0.537. The van der Waals surface area contributed by atoms with E-state index in [-0.39, 0.29) is 0 Å². The summed E-state index contributed by atoms with van der Waals surface area (Å²) < 4.78 is 1.92. The minimum atomic E-state index is 0.537. The van der Waals surface area contributed by atoms with E-state index in [1.54, 1.807) is 0 Å². The summed E-state index contributed by atoms with van der Waals surface area (Å²) in [5.41, 5.74) is 3.66. The average molecular weight is 283 g/mol. The molecule has 0 saturated carbocycles. The molecule has 3 nitrogen and oxygen atoms in total. The molecule has 0 saturated heterocycles. The minimum Gasteiger partial charge on any atom is -0.313 e. The van der Waals surface area contributed by atoms with Gasteiger partial charge >= 0.3 is 0 Å². The molecule has 0 aliphatic heterocycles. The smallest absolute Gasteiger partial charge is 0.0645 e. The van der Waals surface area contributed by atoms with Gasteiger partial charge in [-0.15, -0.1) is 0 Å². The quantitative estimate of drug-likeness (QED) is 0.781. The molecule has 0 aliphatic carbocycles. The molecular formula is C18H25N3. The lowest BCUT2D eigenvalue weighted by molar-refractivity contribution is 0.657. The Hall–Kier alpha value is -1.87. The SMILES string of the molecule is CCCNCC(=Cc1cnn(-c2ccccc2)c1)C(C)C. The monoisotopic (exact) mass is 283 g/mol. The van der Waals surface area contributed by atoms with Gasteiger partial charge in [0.25, 0.3) is 0 Å². The van der Waals surface area contributed by atoms with Gasteiger partial charge in [-0.2, -0.15) is 5.10 Å². The summed E-state index contributed by atoms with van der Waals surface area (Å²) in [7, 11) is 0. The fraction of sp³-hybridized carbons (Fsp3) is 0.389. The van der Waals surface area contributed by atoms with Crippen molar-refractivity contribution in [3.63, 3.8) is 0 Å². The van der Waals surface area contributed by atoms with Gasteiger partial charge in [-0.05, 0) is 31.0 Å². The Morgan fingerprint density at radius 2 is 2.05 bits per heavy atom. The molecule has 2 rings (SSSR count). The Morgan fingerprint density at radius 1 is 1.29 bits per heavy atom. The summed E-state index contributed by atoms with van der Waals surface area (Å²) in [4.78, 5) is 0. The second-order valence-electron chi connectivity index (χ2n) is 5.60. The summed E-state index contributed by atoms with van der Waals surface area (Å²) in [6.45, 7) is 8.67. The van der Waals surface area contributed by atoms with Crippen LogP contribution in [-0.2, 0) is 0 Å². The molecule has 0 radical (unpaired) electrons. The van der Waals surface area contributed by atoms with Crippen LogP contribution < -0.4 is 5.32 Å². The molecule has 0 unspecified atom stereocenters. The highest BCUT2D eigenvalue weighted by molar-refractivity contribution is 5.52. The lowest BCUT2D eigenvalue weighted by Crippen LogP contribution is -2.19. The Labute approximate surface area is 127 Å². The zero-order chi connectivity index (χ0) is 15.1. The second-order valence-corrected chi connectivity index (χ2v) is 5.60. The maximum atomic E-state index is 4.45. The second kappa shape index (κ2) is 7.79. The zero-order valence-electron chi connectivity index (χ0n) is 13.2. The molecule has 1 heterocycles. The zero-order valence-corrected chi connectivity index (χ0v) is 13.2. The number of nitrogens with zero attached hydrogens (tertiary/aromatic N) is 2. The maximum absolute atomic E-state index is 4.45. The first-order chi connectivity index (χ1) is 10.2. The van der Waals surface area contributed by atoms with Crippen molar-refractivity contribution in [2.24, 2.45) is 5.92 Å². The Balaban J connectivity index is 2.13. The third-order valence-corrected chi connectivity index (χ3v) is 3.47. The van der Waals surface area contributed by atoms with E-state index >= 15 is 0 Å². The first-order valence-electron chi connectivity index (χ1n) is 7.72. The largest absolute Gasteiger partial charge is 0.313 e. The molecular weight excluding hydrogens is 258 g/mol. The highest BCUT2D eigenvalue weighted by atomic mass is 15.3. The molecule has 112 valence electrons. The highest BCUT2D eigenvalue weighted by Crippen LogP contribution is 2.15. The van der Waals surface area contributed by atoms with Crippen LogP contribution in [0, 0.1) is 5.92 Å². The Bertz CT molecular complexity index is 567. The van der Waals surface area contributed by atoms with E-state index in [4.69, 9.17) is 0 Å². The summed E-state index contributed by atoms with van der Waals surface area (Å²) in [6, 6.07) is 10.2. The number of hydrogen-bond donors (Lipinski definition) is 1. The van der Waals surface area contributed by atoms with Crippen molar-refractivity contribution in [3.8, 4) is 5.69 Å². The third kappa shape index (κ3) is 4.57. The third-order valence-electron chi connectivity index (χ3n) is 3.47. The van der Waals surface area contributed by atoms with Crippen molar-refractivity contribution >= 4 is 6.08 Å². The summed E-state index contributed by atoms with van der Waals surface area (Å²) >= 11 is 0. The van der Waals surface area contributed by atoms with Gasteiger partial charge in [-0.3, -0.25) is 0 Å². The van der Waals surface area contributed by atoms with Gasteiger partial charge in [0, 0.05) is 18.3 Å². The molecule has 2 aromatic rings. The van der Waals surface area contributed by atoms with Crippen LogP contribution in [0.15, 0.2) is 48.3 Å². The van der Waals surface area contributed by atoms with Crippen molar-refractivity contribution in [2.75, 3.05) is 13.1 Å². The number of rotatable bonds is 7. The van der Waals surface area contributed by atoms with Crippen LogP contribution >= 0.6 is 0 Å². The number of aromatic nitrogens is 2. The molecule has 1 N–H and O–H groups in total. The number of benzene rings is 1.